The number of pyridine rings is 1. The molecule has 0 fully saturated rings. The molecule has 100 valence electrons. The maximum atomic E-state index is 11.5. The van der Waals surface area contributed by atoms with Crippen LogP contribution < -0.4 is 10.9 Å². The SMILES string of the molecule is C[C@@H](NCCn1ccccc1=O)c1cccc(Cl)c1. The molecule has 2 rings (SSSR count). The normalized spacial score (nSPS) is 12.3. The van der Waals surface area contributed by atoms with Gasteiger partial charge in [0.1, 0.15) is 0 Å². The zero-order valence-electron chi connectivity index (χ0n) is 10.8. The maximum Gasteiger partial charge on any atom is 0.250 e. The molecule has 19 heavy (non-hydrogen) atoms. The number of rotatable bonds is 5. The summed E-state index contributed by atoms with van der Waals surface area (Å²) in [6, 6.07) is 13.2. The second kappa shape index (κ2) is 6.55. The lowest BCUT2D eigenvalue weighted by atomic mass is 10.1. The van der Waals surface area contributed by atoms with Crippen LogP contribution in [0.25, 0.3) is 0 Å². The molecule has 1 heterocycles. The molecule has 1 atom stereocenters. The second-order valence-electron chi connectivity index (χ2n) is 4.46. The van der Waals surface area contributed by atoms with E-state index in [1.165, 1.54) is 0 Å². The summed E-state index contributed by atoms with van der Waals surface area (Å²) in [6.07, 6.45) is 1.80. The molecule has 0 spiro atoms. The standard InChI is InChI=1S/C15H17ClN2O/c1-12(13-5-4-6-14(16)11-13)17-8-10-18-9-3-2-7-15(18)19/h2-7,9,11-12,17H,8,10H2,1H3/t12-/m1/s1. The van der Waals surface area contributed by atoms with Gasteiger partial charge in [0.25, 0.3) is 5.56 Å². The van der Waals surface area contributed by atoms with E-state index in [1.807, 2.05) is 30.3 Å². The first kappa shape index (κ1) is 13.8. The van der Waals surface area contributed by atoms with Crippen molar-refractivity contribution in [1.82, 2.24) is 9.88 Å². The highest BCUT2D eigenvalue weighted by molar-refractivity contribution is 6.30. The van der Waals surface area contributed by atoms with Crippen LogP contribution in [0.15, 0.2) is 53.5 Å². The minimum Gasteiger partial charge on any atom is -0.314 e. The minimum atomic E-state index is 0.0275. The fourth-order valence-electron chi connectivity index (χ4n) is 1.94. The second-order valence-corrected chi connectivity index (χ2v) is 4.90. The average Bonchev–Trinajstić information content (AvgIpc) is 2.41. The van der Waals surface area contributed by atoms with E-state index in [9.17, 15) is 4.79 Å². The highest BCUT2D eigenvalue weighted by atomic mass is 35.5. The third-order valence-corrected chi connectivity index (χ3v) is 3.29. The molecule has 0 saturated heterocycles. The Balaban J connectivity index is 1.89. The van der Waals surface area contributed by atoms with Crippen LogP contribution in [-0.4, -0.2) is 11.1 Å². The van der Waals surface area contributed by atoms with Gasteiger partial charge in [-0.05, 0) is 30.7 Å². The van der Waals surface area contributed by atoms with E-state index in [0.717, 1.165) is 17.1 Å². The lowest BCUT2D eigenvalue weighted by molar-refractivity contribution is 0.524. The Bertz CT molecular complexity index is 594. The van der Waals surface area contributed by atoms with Crippen molar-refractivity contribution in [2.24, 2.45) is 0 Å². The van der Waals surface area contributed by atoms with Gasteiger partial charge in [0.15, 0.2) is 0 Å². The summed E-state index contributed by atoms with van der Waals surface area (Å²) in [5.41, 5.74) is 1.17. The van der Waals surface area contributed by atoms with E-state index >= 15 is 0 Å². The predicted octanol–water partition coefficient (Wildman–Crippen LogP) is 2.85. The Kier molecular flexibility index (Phi) is 4.77. The van der Waals surface area contributed by atoms with Crippen molar-refractivity contribution in [3.8, 4) is 0 Å². The molecule has 0 radical (unpaired) electrons. The highest BCUT2D eigenvalue weighted by Crippen LogP contribution is 2.16. The Morgan fingerprint density at radius 1 is 1.26 bits per heavy atom. The molecule has 0 bridgehead atoms. The van der Waals surface area contributed by atoms with Crippen LogP contribution in [0.4, 0.5) is 0 Å². The highest BCUT2D eigenvalue weighted by Gasteiger charge is 2.04. The van der Waals surface area contributed by atoms with Gasteiger partial charge in [-0.2, -0.15) is 0 Å². The van der Waals surface area contributed by atoms with Crippen LogP contribution in [-0.2, 0) is 6.54 Å². The van der Waals surface area contributed by atoms with Crippen LogP contribution in [0.1, 0.15) is 18.5 Å². The number of hydrogen-bond acceptors (Lipinski definition) is 2. The fourth-order valence-corrected chi connectivity index (χ4v) is 2.14. The zero-order chi connectivity index (χ0) is 13.7. The molecule has 1 N–H and O–H groups in total. The molecule has 0 aliphatic rings. The fraction of sp³-hybridized carbons (Fsp3) is 0.267. The molecule has 0 amide bonds. The summed E-state index contributed by atoms with van der Waals surface area (Å²) in [7, 11) is 0. The summed E-state index contributed by atoms with van der Waals surface area (Å²) < 4.78 is 1.69. The molecule has 2 aromatic rings. The van der Waals surface area contributed by atoms with E-state index in [2.05, 4.69) is 12.2 Å². The van der Waals surface area contributed by atoms with Crippen LogP contribution in [0, 0.1) is 0 Å². The van der Waals surface area contributed by atoms with Gasteiger partial charge in [0.05, 0.1) is 0 Å². The van der Waals surface area contributed by atoms with Gasteiger partial charge < -0.3 is 9.88 Å². The van der Waals surface area contributed by atoms with Gasteiger partial charge in [0, 0.05) is 36.4 Å². The van der Waals surface area contributed by atoms with Crippen molar-refractivity contribution in [2.75, 3.05) is 6.54 Å². The quantitative estimate of drug-likeness (QED) is 0.911. The van der Waals surface area contributed by atoms with Crippen LogP contribution in [0.3, 0.4) is 0 Å². The molecule has 0 saturated carbocycles. The van der Waals surface area contributed by atoms with Crippen molar-refractivity contribution in [3.05, 3.63) is 69.6 Å². The lowest BCUT2D eigenvalue weighted by Gasteiger charge is -2.15. The largest absolute Gasteiger partial charge is 0.314 e. The molecule has 3 nitrogen and oxygen atoms in total. The van der Waals surface area contributed by atoms with Gasteiger partial charge in [0.2, 0.25) is 0 Å². The molecule has 0 aliphatic carbocycles. The van der Waals surface area contributed by atoms with Crippen molar-refractivity contribution >= 4 is 11.6 Å². The van der Waals surface area contributed by atoms with Gasteiger partial charge in [-0.3, -0.25) is 4.79 Å². The Morgan fingerprint density at radius 3 is 2.84 bits per heavy atom. The monoisotopic (exact) mass is 276 g/mol. The van der Waals surface area contributed by atoms with Crippen molar-refractivity contribution < 1.29 is 0 Å². The molecule has 0 unspecified atom stereocenters. The summed E-state index contributed by atoms with van der Waals surface area (Å²) >= 11 is 5.97. The number of nitrogens with zero attached hydrogens (tertiary/aromatic N) is 1. The van der Waals surface area contributed by atoms with Gasteiger partial charge in [-0.25, -0.2) is 0 Å². The number of benzene rings is 1. The average molecular weight is 277 g/mol. The summed E-state index contributed by atoms with van der Waals surface area (Å²) in [6.45, 7) is 3.47. The summed E-state index contributed by atoms with van der Waals surface area (Å²) in [5.74, 6) is 0. The van der Waals surface area contributed by atoms with Gasteiger partial charge in [-0.15, -0.1) is 0 Å². The van der Waals surface area contributed by atoms with E-state index in [4.69, 9.17) is 11.6 Å². The number of aromatic nitrogens is 1. The smallest absolute Gasteiger partial charge is 0.250 e. The van der Waals surface area contributed by atoms with Gasteiger partial charge >= 0.3 is 0 Å². The Labute approximate surface area is 117 Å². The number of halogens is 1. The minimum absolute atomic E-state index is 0.0275. The number of nitrogens with one attached hydrogen (secondary N) is 1. The Morgan fingerprint density at radius 2 is 2.11 bits per heavy atom. The molecule has 1 aromatic heterocycles. The summed E-state index contributed by atoms with van der Waals surface area (Å²) in [5, 5.41) is 4.12. The van der Waals surface area contributed by atoms with E-state index in [0.29, 0.717) is 6.54 Å². The third-order valence-electron chi connectivity index (χ3n) is 3.05. The molecule has 1 aromatic carbocycles. The third kappa shape index (κ3) is 3.94. The molecule has 4 heteroatoms. The molecular formula is C15H17ClN2O. The van der Waals surface area contributed by atoms with Crippen LogP contribution >= 0.6 is 11.6 Å². The topological polar surface area (TPSA) is 34.0 Å². The van der Waals surface area contributed by atoms with E-state index in [-0.39, 0.29) is 11.6 Å². The molecular weight excluding hydrogens is 260 g/mol. The predicted molar refractivity (Wildman–Crippen MR) is 78.6 cm³/mol. The van der Waals surface area contributed by atoms with E-state index < -0.39 is 0 Å². The Hall–Kier alpha value is -1.58. The first-order valence-electron chi connectivity index (χ1n) is 6.31. The van der Waals surface area contributed by atoms with Crippen molar-refractivity contribution in [3.63, 3.8) is 0 Å². The van der Waals surface area contributed by atoms with Crippen LogP contribution in [0.5, 0.6) is 0 Å². The number of hydrogen-bond donors (Lipinski definition) is 1. The van der Waals surface area contributed by atoms with E-state index in [1.54, 1.807) is 22.9 Å². The van der Waals surface area contributed by atoms with Crippen molar-refractivity contribution in [1.29, 1.82) is 0 Å². The first-order valence-corrected chi connectivity index (χ1v) is 6.69. The van der Waals surface area contributed by atoms with Gasteiger partial charge in [-0.1, -0.05) is 29.8 Å². The molecule has 0 aliphatic heterocycles. The maximum absolute atomic E-state index is 11.5. The summed E-state index contributed by atoms with van der Waals surface area (Å²) in [4.78, 5) is 11.5. The lowest BCUT2D eigenvalue weighted by Crippen LogP contribution is -2.27. The zero-order valence-corrected chi connectivity index (χ0v) is 11.6. The van der Waals surface area contributed by atoms with Crippen molar-refractivity contribution in [2.45, 2.75) is 19.5 Å². The first-order chi connectivity index (χ1) is 9.16. The van der Waals surface area contributed by atoms with Crippen LogP contribution in [0.2, 0.25) is 5.02 Å².